The second-order valence-corrected chi connectivity index (χ2v) is 4.60. The van der Waals surface area contributed by atoms with Gasteiger partial charge in [0, 0.05) is 11.1 Å². The number of rotatable bonds is 4. The molecule has 0 aliphatic heterocycles. The van der Waals surface area contributed by atoms with Crippen LogP contribution in [0.1, 0.15) is 55.5 Å². The first-order valence-electron chi connectivity index (χ1n) is 6.36. The number of hydrogen-bond acceptors (Lipinski definition) is 1. The molecule has 0 heterocycles. The van der Waals surface area contributed by atoms with Gasteiger partial charge >= 0.3 is 0 Å². The third-order valence-electron chi connectivity index (χ3n) is 3.27. The lowest BCUT2D eigenvalue weighted by Crippen LogP contribution is -2.00. The molecule has 0 N–H and O–H groups in total. The van der Waals surface area contributed by atoms with Crippen LogP contribution >= 0.6 is 0 Å². The summed E-state index contributed by atoms with van der Waals surface area (Å²) in [7, 11) is 0. The maximum atomic E-state index is 13.3. The van der Waals surface area contributed by atoms with Crippen LogP contribution in [0.2, 0.25) is 0 Å². The van der Waals surface area contributed by atoms with E-state index in [0.29, 0.717) is 17.5 Å². The Morgan fingerprint density at radius 1 is 0.889 bits per heavy atom. The standard InChI is InChI=1S/C15H16F2O/c1-3-5-9-10(6-4-2)15(18)12-8-14(17)13(16)7-11(9)12/h7-8H,3-6H2,1-2H3. The fourth-order valence-electron chi connectivity index (χ4n) is 2.50. The Morgan fingerprint density at radius 3 is 1.94 bits per heavy atom. The minimum atomic E-state index is -0.948. The Labute approximate surface area is 106 Å². The van der Waals surface area contributed by atoms with E-state index in [9.17, 15) is 13.6 Å². The van der Waals surface area contributed by atoms with Crippen LogP contribution in [0, 0.1) is 11.6 Å². The highest BCUT2D eigenvalue weighted by molar-refractivity contribution is 6.20. The fourth-order valence-corrected chi connectivity index (χ4v) is 2.50. The Bertz CT molecular complexity index is 530. The summed E-state index contributed by atoms with van der Waals surface area (Å²) in [5.74, 6) is -1.96. The lowest BCUT2D eigenvalue weighted by Gasteiger charge is -2.05. The summed E-state index contributed by atoms with van der Waals surface area (Å²) in [6.07, 6.45) is 3.15. The predicted octanol–water partition coefficient (Wildman–Crippen LogP) is 4.51. The monoisotopic (exact) mass is 250 g/mol. The van der Waals surface area contributed by atoms with Crippen LogP contribution in [-0.4, -0.2) is 5.78 Å². The quantitative estimate of drug-likeness (QED) is 0.768. The van der Waals surface area contributed by atoms with Crippen LogP contribution in [0.15, 0.2) is 17.7 Å². The zero-order valence-electron chi connectivity index (χ0n) is 10.6. The van der Waals surface area contributed by atoms with E-state index in [4.69, 9.17) is 0 Å². The molecule has 0 fully saturated rings. The summed E-state index contributed by atoms with van der Waals surface area (Å²) in [4.78, 5) is 12.2. The van der Waals surface area contributed by atoms with Crippen molar-refractivity contribution < 1.29 is 13.6 Å². The van der Waals surface area contributed by atoms with Crippen LogP contribution in [-0.2, 0) is 0 Å². The highest BCUT2D eigenvalue weighted by Crippen LogP contribution is 2.38. The zero-order chi connectivity index (χ0) is 13.3. The molecular weight excluding hydrogens is 234 g/mol. The van der Waals surface area contributed by atoms with E-state index >= 15 is 0 Å². The van der Waals surface area contributed by atoms with Crippen molar-refractivity contribution in [2.45, 2.75) is 39.5 Å². The van der Waals surface area contributed by atoms with Gasteiger partial charge in [-0.05, 0) is 36.1 Å². The van der Waals surface area contributed by atoms with Crippen molar-refractivity contribution in [2.24, 2.45) is 0 Å². The molecule has 1 aliphatic carbocycles. The topological polar surface area (TPSA) is 17.1 Å². The van der Waals surface area contributed by atoms with E-state index < -0.39 is 11.6 Å². The Morgan fingerprint density at radius 2 is 1.39 bits per heavy atom. The second kappa shape index (κ2) is 5.01. The first-order valence-corrected chi connectivity index (χ1v) is 6.36. The van der Waals surface area contributed by atoms with Crippen LogP contribution in [0.4, 0.5) is 8.78 Å². The molecule has 0 atom stereocenters. The number of fused-ring (bicyclic) bond motifs is 1. The van der Waals surface area contributed by atoms with Gasteiger partial charge < -0.3 is 0 Å². The molecule has 0 bridgehead atoms. The van der Waals surface area contributed by atoms with Gasteiger partial charge in [-0.3, -0.25) is 4.79 Å². The van der Waals surface area contributed by atoms with Gasteiger partial charge in [-0.15, -0.1) is 0 Å². The first kappa shape index (κ1) is 12.9. The van der Waals surface area contributed by atoms with Gasteiger partial charge in [0.2, 0.25) is 0 Å². The fraction of sp³-hybridized carbons (Fsp3) is 0.400. The molecule has 1 nitrogen and oxygen atoms in total. The van der Waals surface area contributed by atoms with Gasteiger partial charge in [0.1, 0.15) is 0 Å². The van der Waals surface area contributed by atoms with Crippen molar-refractivity contribution in [3.05, 3.63) is 40.5 Å². The highest BCUT2D eigenvalue weighted by atomic mass is 19.2. The molecule has 3 heteroatoms. The number of Topliss-reactive ketones (excluding diaryl/α,β-unsaturated/α-hetero) is 1. The van der Waals surface area contributed by atoms with E-state index in [2.05, 4.69) is 0 Å². The number of halogens is 2. The molecule has 0 unspecified atom stereocenters. The van der Waals surface area contributed by atoms with E-state index in [1.54, 1.807) is 0 Å². The molecular formula is C15H16F2O. The number of benzene rings is 1. The van der Waals surface area contributed by atoms with E-state index in [0.717, 1.165) is 42.5 Å². The van der Waals surface area contributed by atoms with Crippen molar-refractivity contribution in [2.75, 3.05) is 0 Å². The normalized spacial score (nSPS) is 14.3. The largest absolute Gasteiger partial charge is 0.289 e. The summed E-state index contributed by atoms with van der Waals surface area (Å²) in [5, 5.41) is 0. The highest BCUT2D eigenvalue weighted by Gasteiger charge is 2.29. The van der Waals surface area contributed by atoms with Crippen LogP contribution in [0.5, 0.6) is 0 Å². The molecule has 1 aromatic rings. The summed E-state index contributed by atoms with van der Waals surface area (Å²) in [6, 6.07) is 2.20. The molecule has 0 amide bonds. The van der Waals surface area contributed by atoms with Gasteiger partial charge in [-0.2, -0.15) is 0 Å². The average Bonchev–Trinajstić information content (AvgIpc) is 2.57. The van der Waals surface area contributed by atoms with Gasteiger partial charge in [0.25, 0.3) is 0 Å². The lowest BCUT2D eigenvalue weighted by molar-refractivity contribution is 0.103. The number of hydrogen-bond donors (Lipinski definition) is 0. The lowest BCUT2D eigenvalue weighted by atomic mass is 9.99. The third kappa shape index (κ3) is 1.98. The van der Waals surface area contributed by atoms with Gasteiger partial charge in [0.05, 0.1) is 0 Å². The zero-order valence-corrected chi connectivity index (χ0v) is 10.6. The Hall–Kier alpha value is -1.51. The summed E-state index contributed by atoms with van der Waals surface area (Å²) in [6.45, 7) is 4.01. The van der Waals surface area contributed by atoms with Crippen molar-refractivity contribution in [1.29, 1.82) is 0 Å². The van der Waals surface area contributed by atoms with Crippen molar-refractivity contribution in [3.63, 3.8) is 0 Å². The van der Waals surface area contributed by atoms with Gasteiger partial charge in [-0.25, -0.2) is 8.78 Å². The molecule has 0 saturated heterocycles. The average molecular weight is 250 g/mol. The van der Waals surface area contributed by atoms with E-state index in [1.165, 1.54) is 0 Å². The molecule has 96 valence electrons. The van der Waals surface area contributed by atoms with Crippen molar-refractivity contribution in [1.82, 2.24) is 0 Å². The summed E-state index contributed by atoms with van der Waals surface area (Å²) < 4.78 is 26.5. The predicted molar refractivity (Wildman–Crippen MR) is 67.4 cm³/mol. The summed E-state index contributed by atoms with van der Waals surface area (Å²) in [5.41, 5.74) is 2.54. The van der Waals surface area contributed by atoms with Gasteiger partial charge in [0.15, 0.2) is 17.4 Å². The summed E-state index contributed by atoms with van der Waals surface area (Å²) >= 11 is 0. The SMILES string of the molecule is CCCC1=C(CCC)c2cc(F)c(F)cc2C1=O. The number of ketones is 1. The third-order valence-corrected chi connectivity index (χ3v) is 3.27. The molecule has 2 rings (SSSR count). The molecule has 1 aromatic carbocycles. The maximum absolute atomic E-state index is 13.3. The minimum absolute atomic E-state index is 0.130. The molecule has 0 aromatic heterocycles. The van der Waals surface area contributed by atoms with Gasteiger partial charge in [-0.1, -0.05) is 26.7 Å². The maximum Gasteiger partial charge on any atom is 0.190 e. The van der Waals surface area contributed by atoms with Crippen LogP contribution in [0.25, 0.3) is 5.57 Å². The Balaban J connectivity index is 2.57. The molecule has 18 heavy (non-hydrogen) atoms. The molecule has 1 aliphatic rings. The number of carbonyl (C=O) groups is 1. The molecule has 0 radical (unpaired) electrons. The van der Waals surface area contributed by atoms with E-state index in [-0.39, 0.29) is 5.78 Å². The van der Waals surface area contributed by atoms with Crippen LogP contribution in [0.3, 0.4) is 0 Å². The van der Waals surface area contributed by atoms with Crippen molar-refractivity contribution >= 4 is 11.4 Å². The van der Waals surface area contributed by atoms with Crippen LogP contribution < -0.4 is 0 Å². The Kier molecular flexibility index (Phi) is 3.60. The molecule has 0 saturated carbocycles. The number of carbonyl (C=O) groups excluding carboxylic acids is 1. The minimum Gasteiger partial charge on any atom is -0.289 e. The smallest absolute Gasteiger partial charge is 0.190 e. The van der Waals surface area contributed by atoms with Crippen molar-refractivity contribution in [3.8, 4) is 0 Å². The molecule has 0 spiro atoms. The first-order chi connectivity index (χ1) is 8.60. The second-order valence-electron chi connectivity index (χ2n) is 4.60. The van der Waals surface area contributed by atoms with E-state index in [1.807, 2.05) is 13.8 Å². The number of allylic oxidation sites excluding steroid dienone is 2.